The first-order valence-electron chi connectivity index (χ1n) is 10.0. The number of nitrogens with one attached hydrogen (secondary N) is 1. The zero-order valence-electron chi connectivity index (χ0n) is 17.5. The highest BCUT2D eigenvalue weighted by Crippen LogP contribution is 2.16. The minimum atomic E-state index is -0.450. The van der Waals surface area contributed by atoms with Crippen LogP contribution >= 0.6 is 0 Å². The number of carbonyl (C=O) groups excluding carboxylic acids is 2. The second kappa shape index (κ2) is 10.7. The molecule has 3 aromatic rings. The molecule has 0 unspecified atom stereocenters. The standard InChI is InChI=1S/C25H24N2O4/c1-3-16-30-21-14-10-20(11-15-21)25(29)31-22-12-8-19(9-13-22)17-26-27-24(28)23-7-5-4-6-18(23)2/h4-15,17H,3,16H2,1-2H3,(H,27,28)/b26-17+. The van der Waals surface area contributed by atoms with Gasteiger partial charge in [-0.2, -0.15) is 5.10 Å². The maximum atomic E-state index is 12.3. The van der Waals surface area contributed by atoms with E-state index in [4.69, 9.17) is 9.47 Å². The molecule has 158 valence electrons. The van der Waals surface area contributed by atoms with Gasteiger partial charge in [0.05, 0.1) is 18.4 Å². The van der Waals surface area contributed by atoms with Crippen LogP contribution in [0.15, 0.2) is 77.9 Å². The quantitative estimate of drug-likeness (QED) is 0.248. The van der Waals surface area contributed by atoms with Crippen molar-refractivity contribution in [2.24, 2.45) is 5.10 Å². The molecule has 6 nitrogen and oxygen atoms in total. The largest absolute Gasteiger partial charge is 0.494 e. The predicted molar refractivity (Wildman–Crippen MR) is 120 cm³/mol. The SMILES string of the molecule is CCCOc1ccc(C(=O)Oc2ccc(/C=N/NC(=O)c3ccccc3C)cc2)cc1. The molecule has 1 N–H and O–H groups in total. The Labute approximate surface area is 181 Å². The van der Waals surface area contributed by atoms with Crippen molar-refractivity contribution in [1.29, 1.82) is 0 Å². The van der Waals surface area contributed by atoms with Crippen molar-refractivity contribution in [1.82, 2.24) is 5.43 Å². The summed E-state index contributed by atoms with van der Waals surface area (Å²) >= 11 is 0. The van der Waals surface area contributed by atoms with Crippen molar-refractivity contribution in [2.45, 2.75) is 20.3 Å². The van der Waals surface area contributed by atoms with E-state index in [2.05, 4.69) is 10.5 Å². The molecule has 0 bridgehead atoms. The second-order valence-electron chi connectivity index (χ2n) is 6.85. The Morgan fingerprint density at radius 3 is 2.29 bits per heavy atom. The maximum Gasteiger partial charge on any atom is 0.343 e. The zero-order chi connectivity index (χ0) is 22.1. The van der Waals surface area contributed by atoms with Crippen LogP contribution in [-0.4, -0.2) is 24.7 Å². The fraction of sp³-hybridized carbons (Fsp3) is 0.160. The zero-order valence-corrected chi connectivity index (χ0v) is 17.5. The molecule has 3 rings (SSSR count). The number of esters is 1. The molecule has 1 amide bonds. The lowest BCUT2D eigenvalue weighted by Crippen LogP contribution is -2.18. The molecule has 6 heteroatoms. The number of aryl methyl sites for hydroxylation is 1. The van der Waals surface area contributed by atoms with E-state index in [0.717, 1.165) is 23.3 Å². The summed E-state index contributed by atoms with van der Waals surface area (Å²) in [4.78, 5) is 24.4. The number of rotatable bonds is 8. The molecule has 0 saturated heterocycles. The minimum Gasteiger partial charge on any atom is -0.494 e. The lowest BCUT2D eigenvalue weighted by Gasteiger charge is -2.07. The molecule has 0 aliphatic heterocycles. The Kier molecular flexibility index (Phi) is 7.54. The average Bonchev–Trinajstić information content (AvgIpc) is 2.79. The minimum absolute atomic E-state index is 0.272. The highest BCUT2D eigenvalue weighted by atomic mass is 16.5. The number of nitrogens with zero attached hydrogens (tertiary/aromatic N) is 1. The first kappa shape index (κ1) is 21.8. The van der Waals surface area contributed by atoms with Gasteiger partial charge in [-0.15, -0.1) is 0 Å². The van der Waals surface area contributed by atoms with E-state index in [-0.39, 0.29) is 5.91 Å². The maximum absolute atomic E-state index is 12.3. The van der Waals surface area contributed by atoms with E-state index in [1.165, 1.54) is 6.21 Å². The van der Waals surface area contributed by atoms with Crippen LogP contribution in [0.25, 0.3) is 0 Å². The molecule has 0 heterocycles. The van der Waals surface area contributed by atoms with Crippen LogP contribution < -0.4 is 14.9 Å². The van der Waals surface area contributed by atoms with Gasteiger partial charge in [-0.3, -0.25) is 4.79 Å². The van der Waals surface area contributed by atoms with Gasteiger partial charge in [-0.25, -0.2) is 10.2 Å². The average molecular weight is 416 g/mol. The Morgan fingerprint density at radius 2 is 1.61 bits per heavy atom. The molecule has 3 aromatic carbocycles. The highest BCUT2D eigenvalue weighted by molar-refractivity contribution is 5.96. The molecular formula is C25H24N2O4. The van der Waals surface area contributed by atoms with Crippen LogP contribution in [0.3, 0.4) is 0 Å². The van der Waals surface area contributed by atoms with Gasteiger partial charge in [-0.05, 0) is 79.1 Å². The second-order valence-corrected chi connectivity index (χ2v) is 6.85. The summed E-state index contributed by atoms with van der Waals surface area (Å²) in [6.45, 7) is 4.53. The Hall–Kier alpha value is -3.93. The van der Waals surface area contributed by atoms with Gasteiger partial charge >= 0.3 is 5.97 Å². The first-order valence-corrected chi connectivity index (χ1v) is 10.0. The summed E-state index contributed by atoms with van der Waals surface area (Å²) in [5.74, 6) is 0.411. The number of benzene rings is 3. The van der Waals surface area contributed by atoms with Gasteiger partial charge in [-0.1, -0.05) is 25.1 Å². The van der Waals surface area contributed by atoms with Crippen LogP contribution in [0.5, 0.6) is 11.5 Å². The molecule has 31 heavy (non-hydrogen) atoms. The molecular weight excluding hydrogens is 392 g/mol. The van der Waals surface area contributed by atoms with Crippen LogP contribution in [-0.2, 0) is 0 Å². The number of hydrogen-bond donors (Lipinski definition) is 1. The van der Waals surface area contributed by atoms with Crippen LogP contribution in [0.2, 0.25) is 0 Å². The summed E-state index contributed by atoms with van der Waals surface area (Å²) in [5, 5.41) is 3.98. The van der Waals surface area contributed by atoms with Gasteiger partial charge in [0.2, 0.25) is 0 Å². The Morgan fingerprint density at radius 1 is 0.935 bits per heavy atom. The fourth-order valence-corrected chi connectivity index (χ4v) is 2.75. The summed E-state index contributed by atoms with van der Waals surface area (Å²) in [6, 6.07) is 21.0. The van der Waals surface area contributed by atoms with Crippen molar-refractivity contribution >= 4 is 18.1 Å². The van der Waals surface area contributed by atoms with Crippen LogP contribution in [0.4, 0.5) is 0 Å². The molecule has 0 aliphatic rings. The molecule has 0 spiro atoms. The van der Waals surface area contributed by atoms with E-state index in [9.17, 15) is 9.59 Å². The predicted octanol–water partition coefficient (Wildman–Crippen LogP) is 4.77. The van der Waals surface area contributed by atoms with E-state index < -0.39 is 5.97 Å². The van der Waals surface area contributed by atoms with Gasteiger partial charge in [0.25, 0.3) is 5.91 Å². The summed E-state index contributed by atoms with van der Waals surface area (Å²) in [7, 11) is 0. The van der Waals surface area contributed by atoms with E-state index >= 15 is 0 Å². The number of hydrazone groups is 1. The normalized spacial score (nSPS) is 10.6. The van der Waals surface area contributed by atoms with Gasteiger partial charge in [0.1, 0.15) is 11.5 Å². The first-order chi connectivity index (χ1) is 15.1. The highest BCUT2D eigenvalue weighted by Gasteiger charge is 2.09. The van der Waals surface area contributed by atoms with Crippen molar-refractivity contribution < 1.29 is 19.1 Å². The number of amides is 1. The lowest BCUT2D eigenvalue weighted by molar-refractivity contribution is 0.0734. The summed E-state index contributed by atoms with van der Waals surface area (Å²) in [6.07, 6.45) is 2.44. The van der Waals surface area contributed by atoms with Crippen molar-refractivity contribution in [2.75, 3.05) is 6.61 Å². The lowest BCUT2D eigenvalue weighted by atomic mass is 10.1. The van der Waals surface area contributed by atoms with Gasteiger partial charge < -0.3 is 9.47 Å². The third-order valence-corrected chi connectivity index (χ3v) is 4.42. The van der Waals surface area contributed by atoms with Crippen LogP contribution in [0, 0.1) is 6.92 Å². The third kappa shape index (κ3) is 6.27. The van der Waals surface area contributed by atoms with E-state index in [1.54, 1.807) is 60.7 Å². The summed E-state index contributed by atoms with van der Waals surface area (Å²) in [5.41, 5.74) is 5.15. The smallest absolute Gasteiger partial charge is 0.343 e. The van der Waals surface area contributed by atoms with E-state index in [1.807, 2.05) is 26.0 Å². The van der Waals surface area contributed by atoms with E-state index in [0.29, 0.717) is 23.5 Å². The number of carbonyl (C=O) groups is 2. The number of hydrogen-bond acceptors (Lipinski definition) is 5. The Balaban J connectivity index is 1.53. The van der Waals surface area contributed by atoms with Crippen molar-refractivity contribution in [3.8, 4) is 11.5 Å². The molecule has 0 radical (unpaired) electrons. The molecule has 0 aromatic heterocycles. The molecule has 0 fully saturated rings. The topological polar surface area (TPSA) is 77.0 Å². The third-order valence-electron chi connectivity index (χ3n) is 4.42. The van der Waals surface area contributed by atoms with Gasteiger partial charge in [0.15, 0.2) is 0 Å². The number of ether oxygens (including phenoxy) is 2. The molecule has 0 aliphatic carbocycles. The fourth-order valence-electron chi connectivity index (χ4n) is 2.75. The molecule has 0 atom stereocenters. The summed E-state index contributed by atoms with van der Waals surface area (Å²) < 4.78 is 10.9. The molecule has 0 saturated carbocycles. The monoisotopic (exact) mass is 416 g/mol. The van der Waals surface area contributed by atoms with Crippen LogP contribution in [0.1, 0.15) is 45.2 Å². The van der Waals surface area contributed by atoms with Crippen molar-refractivity contribution in [3.63, 3.8) is 0 Å². The van der Waals surface area contributed by atoms with Gasteiger partial charge in [0, 0.05) is 5.56 Å². The van der Waals surface area contributed by atoms with Crippen molar-refractivity contribution in [3.05, 3.63) is 95.1 Å². The Bertz CT molecular complexity index is 1060.